The number of aromatic nitrogens is 2. The second-order valence-corrected chi connectivity index (χ2v) is 11.5. The van der Waals surface area contributed by atoms with Gasteiger partial charge in [-0.1, -0.05) is 32.4 Å². The largest absolute Gasteiger partial charge is 0.573 e. The molecule has 0 bridgehead atoms. The van der Waals surface area contributed by atoms with Crippen LogP contribution < -0.4 is 10.1 Å². The van der Waals surface area contributed by atoms with Crippen LogP contribution in [0.15, 0.2) is 36.4 Å². The van der Waals surface area contributed by atoms with Gasteiger partial charge in [-0.25, -0.2) is 4.98 Å². The summed E-state index contributed by atoms with van der Waals surface area (Å²) in [5, 5.41) is 3.44. The minimum atomic E-state index is -4.78. The number of halogens is 4. The summed E-state index contributed by atoms with van der Waals surface area (Å²) in [5.41, 5.74) is 1.99. The van der Waals surface area contributed by atoms with Gasteiger partial charge in [-0.2, -0.15) is 0 Å². The number of alkyl halides is 3. The van der Waals surface area contributed by atoms with E-state index in [1.165, 1.54) is 43.3 Å². The molecular weight excluding hydrogens is 549 g/mol. The fourth-order valence-corrected chi connectivity index (χ4v) is 5.87. The summed E-state index contributed by atoms with van der Waals surface area (Å²) in [7, 11) is 2.72. The number of amides is 1. The monoisotopic (exact) mass is 580 g/mol. The number of carbonyl (C=O) groups is 2. The highest BCUT2D eigenvalue weighted by Gasteiger charge is 2.35. The molecule has 1 aliphatic rings. The minimum Gasteiger partial charge on any atom is -0.468 e. The molecule has 1 N–H and O–H groups in total. The summed E-state index contributed by atoms with van der Waals surface area (Å²) >= 11 is 6.62. The number of ether oxygens (including phenoxy) is 2. The molecule has 1 heterocycles. The van der Waals surface area contributed by atoms with E-state index in [4.69, 9.17) is 16.6 Å². The van der Waals surface area contributed by atoms with E-state index >= 15 is 0 Å². The van der Waals surface area contributed by atoms with Crippen molar-refractivity contribution in [2.75, 3.05) is 26.0 Å². The molecule has 8 nitrogen and oxygen atoms in total. The minimum absolute atomic E-state index is 0.0544. The molecule has 1 aromatic heterocycles. The lowest BCUT2D eigenvalue weighted by Gasteiger charge is -2.40. The third-order valence-electron chi connectivity index (χ3n) is 7.02. The fourth-order valence-electron chi connectivity index (χ4n) is 5.63. The van der Waals surface area contributed by atoms with Gasteiger partial charge in [-0.3, -0.25) is 9.59 Å². The van der Waals surface area contributed by atoms with Crippen molar-refractivity contribution in [1.82, 2.24) is 14.5 Å². The van der Waals surface area contributed by atoms with E-state index in [0.717, 1.165) is 19.3 Å². The second kappa shape index (κ2) is 11.2. The summed E-state index contributed by atoms with van der Waals surface area (Å²) in [6.45, 7) is 6.42. The summed E-state index contributed by atoms with van der Waals surface area (Å²) in [4.78, 5) is 30.8. The third kappa shape index (κ3) is 6.80. The zero-order valence-electron chi connectivity index (χ0n) is 22.9. The van der Waals surface area contributed by atoms with Gasteiger partial charge in [-0.05, 0) is 67.0 Å². The highest BCUT2D eigenvalue weighted by atomic mass is 35.5. The molecule has 4 rings (SSSR count). The van der Waals surface area contributed by atoms with Crippen LogP contribution in [0.5, 0.6) is 5.75 Å². The predicted molar refractivity (Wildman–Crippen MR) is 146 cm³/mol. The number of esters is 1. The normalized spacial score (nSPS) is 18.8. The molecule has 1 amide bonds. The quantitative estimate of drug-likeness (QED) is 0.304. The van der Waals surface area contributed by atoms with Crippen LogP contribution in [0.4, 0.5) is 24.8 Å². The Morgan fingerprint density at radius 2 is 1.88 bits per heavy atom. The number of nitrogens with one attached hydrogen (secondary N) is 1. The number of hydrogen-bond acceptors (Lipinski definition) is 6. The summed E-state index contributed by atoms with van der Waals surface area (Å²) < 4.78 is 48.5. The van der Waals surface area contributed by atoms with Crippen molar-refractivity contribution < 1.29 is 32.2 Å². The van der Waals surface area contributed by atoms with Gasteiger partial charge in [0.15, 0.2) is 0 Å². The molecule has 40 heavy (non-hydrogen) atoms. The molecule has 12 heteroatoms. The van der Waals surface area contributed by atoms with Gasteiger partial charge in [0.25, 0.3) is 5.91 Å². The number of carbonyl (C=O) groups excluding carboxylic acids is 2. The number of anilines is 2. The second-order valence-electron chi connectivity index (χ2n) is 11.1. The van der Waals surface area contributed by atoms with Crippen molar-refractivity contribution in [2.45, 2.75) is 52.4 Å². The third-order valence-corrected chi connectivity index (χ3v) is 7.33. The van der Waals surface area contributed by atoms with Crippen LogP contribution in [0.2, 0.25) is 5.02 Å². The maximum absolute atomic E-state index is 13.1. The first-order chi connectivity index (χ1) is 18.7. The summed E-state index contributed by atoms with van der Waals surface area (Å²) in [6, 6.07) is 8.73. The highest BCUT2D eigenvalue weighted by Crippen LogP contribution is 2.46. The number of fused-ring (bicyclic) bond motifs is 1. The first kappa shape index (κ1) is 29.5. The summed E-state index contributed by atoms with van der Waals surface area (Å²) in [5.74, 6) is -0.446. The van der Waals surface area contributed by atoms with Gasteiger partial charge in [0.1, 0.15) is 12.3 Å². The first-order valence-electron chi connectivity index (χ1n) is 12.8. The van der Waals surface area contributed by atoms with E-state index in [-0.39, 0.29) is 34.3 Å². The van der Waals surface area contributed by atoms with Gasteiger partial charge in [0.05, 0.1) is 28.7 Å². The Labute approximate surface area is 235 Å². The molecule has 0 radical (unpaired) electrons. The lowest BCUT2D eigenvalue weighted by atomic mass is 9.70. The summed E-state index contributed by atoms with van der Waals surface area (Å²) in [6.07, 6.45) is -1.95. The Kier molecular flexibility index (Phi) is 8.26. The maximum atomic E-state index is 13.1. The Bertz CT molecular complexity index is 1410. The number of methoxy groups -OCH3 is 1. The first-order valence-corrected chi connectivity index (χ1v) is 13.2. The van der Waals surface area contributed by atoms with Crippen LogP contribution in [0, 0.1) is 11.3 Å². The average molecular weight is 581 g/mol. The van der Waals surface area contributed by atoms with Gasteiger partial charge in [0.2, 0.25) is 5.95 Å². The van der Waals surface area contributed by atoms with Gasteiger partial charge >= 0.3 is 12.3 Å². The van der Waals surface area contributed by atoms with Crippen LogP contribution in [0.25, 0.3) is 11.0 Å². The molecular formula is C28H32ClF3N4O4. The number of hydrogen-bond donors (Lipinski definition) is 1. The van der Waals surface area contributed by atoms with E-state index in [1.807, 2.05) is 0 Å². The topological polar surface area (TPSA) is 85.7 Å². The molecule has 1 aliphatic carbocycles. The Morgan fingerprint density at radius 1 is 1.20 bits per heavy atom. The molecule has 0 spiro atoms. The van der Waals surface area contributed by atoms with E-state index in [0.29, 0.717) is 28.6 Å². The van der Waals surface area contributed by atoms with E-state index < -0.39 is 18.2 Å². The van der Waals surface area contributed by atoms with Crippen molar-refractivity contribution in [3.05, 3.63) is 47.0 Å². The maximum Gasteiger partial charge on any atom is 0.573 e. The van der Waals surface area contributed by atoms with Crippen molar-refractivity contribution >= 4 is 46.1 Å². The van der Waals surface area contributed by atoms with E-state index in [2.05, 4.69) is 40.1 Å². The molecule has 216 valence electrons. The van der Waals surface area contributed by atoms with Crippen molar-refractivity contribution in [3.63, 3.8) is 0 Å². The number of imidazole rings is 1. The smallest absolute Gasteiger partial charge is 0.468 e. The molecule has 2 atom stereocenters. The highest BCUT2D eigenvalue weighted by molar-refractivity contribution is 6.34. The Balaban J connectivity index is 1.76. The van der Waals surface area contributed by atoms with Crippen LogP contribution >= 0.6 is 11.6 Å². The van der Waals surface area contributed by atoms with Gasteiger partial charge in [-0.15, -0.1) is 13.2 Å². The molecule has 0 aliphatic heterocycles. The number of rotatable bonds is 7. The lowest BCUT2D eigenvalue weighted by Crippen LogP contribution is -2.32. The van der Waals surface area contributed by atoms with Crippen molar-refractivity contribution in [2.24, 2.45) is 11.3 Å². The zero-order chi connectivity index (χ0) is 29.4. The van der Waals surface area contributed by atoms with Crippen molar-refractivity contribution in [3.8, 4) is 5.75 Å². The molecule has 1 unspecified atom stereocenters. The van der Waals surface area contributed by atoms with E-state index in [1.54, 1.807) is 12.1 Å². The van der Waals surface area contributed by atoms with Crippen LogP contribution in [0.3, 0.4) is 0 Å². The van der Waals surface area contributed by atoms with Crippen molar-refractivity contribution in [1.29, 1.82) is 0 Å². The number of benzene rings is 2. The van der Waals surface area contributed by atoms with E-state index in [9.17, 15) is 22.8 Å². The number of likely N-dealkylation sites (N-methyl/N-ethyl adjacent to an activating group) is 1. The standard InChI is InChI=1S/C28H32ClF3N4O4/c1-16-10-18(14-27(2,3)13-16)36-23-12-21(29)20(25(38)35(4)15-24(37)39-5)11-22(23)34-26(36)33-17-6-8-19(9-7-17)40-28(30,31)32/h6-9,11-12,16,18H,10,13-15H2,1-5H3,(H,33,34)/t16-,18?/m1/s1. The van der Waals surface area contributed by atoms with Gasteiger partial charge < -0.3 is 24.3 Å². The zero-order valence-corrected chi connectivity index (χ0v) is 23.7. The average Bonchev–Trinajstić information content (AvgIpc) is 3.18. The Morgan fingerprint density at radius 3 is 2.48 bits per heavy atom. The SMILES string of the molecule is COC(=O)CN(C)C(=O)c1cc2nc(Nc3ccc(OC(F)(F)F)cc3)n(C3C[C@@H](C)CC(C)(C)C3)c2cc1Cl. The molecule has 0 saturated heterocycles. The van der Waals surface area contributed by atoms with Crippen LogP contribution in [0.1, 0.15) is 56.4 Å². The van der Waals surface area contributed by atoms with Crippen LogP contribution in [-0.2, 0) is 9.53 Å². The number of nitrogens with zero attached hydrogens (tertiary/aromatic N) is 3. The van der Waals surface area contributed by atoms with Crippen LogP contribution in [-0.4, -0.2) is 53.4 Å². The van der Waals surface area contributed by atoms with Gasteiger partial charge in [0, 0.05) is 18.8 Å². The Hall–Kier alpha value is -3.47. The molecule has 2 aromatic carbocycles. The molecule has 1 fully saturated rings. The molecule has 1 saturated carbocycles. The molecule has 3 aromatic rings. The lowest BCUT2D eigenvalue weighted by molar-refractivity contribution is -0.274. The fraction of sp³-hybridized carbons (Fsp3) is 0.464. The predicted octanol–water partition coefficient (Wildman–Crippen LogP) is 6.96.